The van der Waals surface area contributed by atoms with Crippen molar-refractivity contribution in [2.75, 3.05) is 11.4 Å². The number of alkyl halides is 3. The molecule has 0 radical (unpaired) electrons. The molecule has 3 unspecified atom stereocenters. The first-order valence-corrected chi connectivity index (χ1v) is 13.9. The van der Waals surface area contributed by atoms with E-state index in [1.165, 1.54) is 16.2 Å². The van der Waals surface area contributed by atoms with Crippen LogP contribution in [-0.2, 0) is 25.7 Å². The number of pyridine rings is 2. The topological polar surface area (TPSA) is 171 Å². The van der Waals surface area contributed by atoms with Crippen LogP contribution in [0.2, 0.25) is 0 Å². The highest BCUT2D eigenvalue weighted by molar-refractivity contribution is 7.19. The quantitative estimate of drug-likeness (QED) is 0.409. The van der Waals surface area contributed by atoms with Crippen molar-refractivity contribution in [3.8, 4) is 17.2 Å². The average molecular weight is 615 g/mol. The molecule has 3 atom stereocenters. The Kier molecular flexibility index (Phi) is 7.16. The molecule has 2 aliphatic heterocycles. The Bertz CT molecular complexity index is 1720. The number of halogens is 3. The number of aryl methyl sites for hydroxylation is 1. The standard InChI is InChI=1S/C26H24N6O3S.C2HF3O2/c1-12-21(31-7-5-18(31)23(28)33)16(8-13(10-27)30-12)15-4-6-29-17-9-14(36-22(15)17)11-32-24(34)19-20(25(32)35)26(19,2)3;3-2(4,5)1(6)7/h4,6,8-9,18-20H,5,7,11H2,1-3H3,(H2,28,33);(H,6,7). The molecule has 3 amide bonds. The molecule has 3 aromatic rings. The molecule has 0 spiro atoms. The Balaban J connectivity index is 0.000000472. The summed E-state index contributed by atoms with van der Waals surface area (Å²) in [4.78, 5) is 59.7. The van der Waals surface area contributed by atoms with E-state index in [1.54, 1.807) is 12.3 Å². The number of hydrogen-bond donors (Lipinski definition) is 2. The Morgan fingerprint density at radius 1 is 1.21 bits per heavy atom. The molecule has 5 heterocycles. The maximum atomic E-state index is 12.8. The van der Waals surface area contributed by atoms with Crippen molar-refractivity contribution in [1.29, 1.82) is 5.26 Å². The van der Waals surface area contributed by atoms with Crippen molar-refractivity contribution < 1.29 is 37.5 Å². The van der Waals surface area contributed by atoms with Crippen molar-refractivity contribution >= 4 is 50.9 Å². The highest BCUT2D eigenvalue weighted by Crippen LogP contribution is 2.63. The summed E-state index contributed by atoms with van der Waals surface area (Å²) in [6, 6.07) is 7.23. The number of carboxylic acids is 1. The van der Waals surface area contributed by atoms with Crippen LogP contribution in [0.3, 0.4) is 0 Å². The lowest BCUT2D eigenvalue weighted by Crippen LogP contribution is -2.55. The molecule has 0 bridgehead atoms. The zero-order chi connectivity index (χ0) is 31.6. The molecule has 1 aliphatic carbocycles. The van der Waals surface area contributed by atoms with Crippen molar-refractivity contribution in [2.24, 2.45) is 23.0 Å². The molecule has 2 saturated heterocycles. The van der Waals surface area contributed by atoms with Gasteiger partial charge in [-0.2, -0.15) is 18.4 Å². The molecule has 3 aromatic heterocycles. The maximum absolute atomic E-state index is 12.8. The van der Waals surface area contributed by atoms with E-state index in [0.717, 1.165) is 31.9 Å². The average Bonchev–Trinajstić information content (AvgIpc) is 3.14. The molecule has 6 rings (SSSR count). The largest absolute Gasteiger partial charge is 0.490 e. The summed E-state index contributed by atoms with van der Waals surface area (Å²) in [5.74, 6) is -3.77. The summed E-state index contributed by atoms with van der Waals surface area (Å²) in [6.07, 6.45) is -2.72. The van der Waals surface area contributed by atoms with Gasteiger partial charge in [-0.15, -0.1) is 11.3 Å². The van der Waals surface area contributed by atoms with E-state index < -0.39 is 24.1 Å². The molecule has 15 heteroatoms. The Morgan fingerprint density at radius 3 is 2.35 bits per heavy atom. The van der Waals surface area contributed by atoms with Crippen LogP contribution in [0.25, 0.3) is 21.3 Å². The van der Waals surface area contributed by atoms with E-state index in [9.17, 15) is 32.8 Å². The number of anilines is 1. The van der Waals surface area contributed by atoms with Gasteiger partial charge in [-0.3, -0.25) is 24.3 Å². The molecule has 224 valence electrons. The highest BCUT2D eigenvalue weighted by atomic mass is 32.1. The third-order valence-corrected chi connectivity index (χ3v) is 9.26. The van der Waals surface area contributed by atoms with E-state index >= 15 is 0 Å². The first kappa shape index (κ1) is 29.9. The lowest BCUT2D eigenvalue weighted by Gasteiger charge is -2.42. The van der Waals surface area contributed by atoms with Crippen molar-refractivity contribution in [2.45, 2.75) is 46.0 Å². The number of piperidine rings is 1. The summed E-state index contributed by atoms with van der Waals surface area (Å²) in [7, 11) is 0. The summed E-state index contributed by atoms with van der Waals surface area (Å²) >= 11 is 1.48. The number of primary amides is 1. The fourth-order valence-corrected chi connectivity index (χ4v) is 6.97. The van der Waals surface area contributed by atoms with Crippen LogP contribution in [0.4, 0.5) is 18.9 Å². The molecule has 1 saturated carbocycles. The van der Waals surface area contributed by atoms with Gasteiger partial charge in [0.25, 0.3) is 0 Å². The van der Waals surface area contributed by atoms with Gasteiger partial charge >= 0.3 is 12.1 Å². The van der Waals surface area contributed by atoms with Crippen LogP contribution in [0.5, 0.6) is 0 Å². The predicted molar refractivity (Wildman–Crippen MR) is 147 cm³/mol. The summed E-state index contributed by atoms with van der Waals surface area (Å²) in [5.41, 5.74) is 9.45. The van der Waals surface area contributed by atoms with Crippen molar-refractivity contribution in [1.82, 2.24) is 14.9 Å². The fraction of sp³-hybridized carbons (Fsp3) is 0.393. The molecular formula is C28H25F3N6O5S. The molecule has 11 nitrogen and oxygen atoms in total. The lowest BCUT2D eigenvalue weighted by molar-refractivity contribution is -0.192. The number of carbonyl (C=O) groups is 4. The smallest absolute Gasteiger partial charge is 0.475 e. The van der Waals surface area contributed by atoms with Crippen LogP contribution in [0.1, 0.15) is 36.5 Å². The third kappa shape index (κ3) is 5.05. The number of amides is 3. The third-order valence-electron chi connectivity index (χ3n) is 8.12. The molecule has 3 fully saturated rings. The van der Waals surface area contributed by atoms with Crippen LogP contribution < -0.4 is 10.6 Å². The molecule has 43 heavy (non-hydrogen) atoms. The van der Waals surface area contributed by atoms with Gasteiger partial charge in [0, 0.05) is 28.7 Å². The number of likely N-dealkylation sites (tertiary alicyclic amines) is 1. The normalized spacial score (nSPS) is 21.9. The molecule has 3 aliphatic rings. The zero-order valence-corrected chi connectivity index (χ0v) is 23.9. The SMILES string of the molecule is Cc1nc(C#N)cc(-c2ccnc3cc(CN4C(=O)C5C(C4=O)C5(C)C)sc23)c1N1CCC1C(N)=O.O=C(O)C(F)(F)F. The van der Waals surface area contributed by atoms with Crippen LogP contribution in [-0.4, -0.2) is 62.4 Å². The number of imide groups is 1. The minimum atomic E-state index is -5.08. The van der Waals surface area contributed by atoms with Crippen LogP contribution in [0.15, 0.2) is 24.4 Å². The Labute approximate surface area is 246 Å². The van der Waals surface area contributed by atoms with E-state index in [0.29, 0.717) is 18.7 Å². The second-order valence-electron chi connectivity index (χ2n) is 11.1. The zero-order valence-electron chi connectivity index (χ0n) is 23.1. The summed E-state index contributed by atoms with van der Waals surface area (Å²) in [6.45, 7) is 6.65. The number of nitrogens with zero attached hydrogens (tertiary/aromatic N) is 5. The van der Waals surface area contributed by atoms with Crippen molar-refractivity contribution in [3.05, 3.63) is 40.7 Å². The molecule has 3 N–H and O–H groups in total. The van der Waals surface area contributed by atoms with Crippen LogP contribution in [0, 0.1) is 35.5 Å². The number of fused-ring (bicyclic) bond motifs is 2. The highest BCUT2D eigenvalue weighted by Gasteiger charge is 2.72. The van der Waals surface area contributed by atoms with Gasteiger partial charge in [0.2, 0.25) is 17.7 Å². The monoisotopic (exact) mass is 614 g/mol. The number of nitrogens with two attached hydrogens (primary N) is 1. The minimum Gasteiger partial charge on any atom is -0.475 e. The van der Waals surface area contributed by atoms with Crippen molar-refractivity contribution in [3.63, 3.8) is 0 Å². The molecular weight excluding hydrogens is 589 g/mol. The fourth-order valence-electron chi connectivity index (χ4n) is 5.83. The van der Waals surface area contributed by atoms with Gasteiger partial charge in [-0.1, -0.05) is 13.8 Å². The van der Waals surface area contributed by atoms with E-state index in [4.69, 9.17) is 15.6 Å². The number of carbonyl (C=O) groups excluding carboxylic acids is 3. The number of aromatic nitrogens is 2. The van der Waals surface area contributed by atoms with Gasteiger partial charge in [0.15, 0.2) is 0 Å². The predicted octanol–water partition coefficient (Wildman–Crippen LogP) is 3.38. The number of rotatable bonds is 5. The van der Waals surface area contributed by atoms with Crippen LogP contribution >= 0.6 is 11.3 Å². The Morgan fingerprint density at radius 2 is 1.84 bits per heavy atom. The number of hydrogen-bond acceptors (Lipinski definition) is 9. The van der Waals surface area contributed by atoms with Gasteiger partial charge in [-0.25, -0.2) is 9.78 Å². The lowest BCUT2D eigenvalue weighted by atomic mass is 9.95. The van der Waals surface area contributed by atoms with E-state index in [-0.39, 0.29) is 41.3 Å². The second kappa shape index (κ2) is 10.3. The second-order valence-corrected chi connectivity index (χ2v) is 12.3. The van der Waals surface area contributed by atoms with Gasteiger partial charge in [-0.05, 0) is 37.0 Å². The number of nitriles is 1. The van der Waals surface area contributed by atoms with Gasteiger partial charge < -0.3 is 15.7 Å². The first-order valence-electron chi connectivity index (χ1n) is 13.1. The summed E-state index contributed by atoms with van der Waals surface area (Å²) in [5, 5.41) is 16.7. The van der Waals surface area contributed by atoms with E-state index in [1.807, 2.05) is 37.8 Å². The number of aliphatic carboxylic acids is 1. The number of carboxylic acid groups (broad SMARTS) is 1. The van der Waals surface area contributed by atoms with E-state index in [2.05, 4.69) is 16.0 Å². The first-order chi connectivity index (χ1) is 20.1. The summed E-state index contributed by atoms with van der Waals surface area (Å²) < 4.78 is 32.6. The minimum absolute atomic E-state index is 0.0957. The van der Waals surface area contributed by atoms with Gasteiger partial charge in [0.05, 0.1) is 40.0 Å². The Hall–Kier alpha value is -4.58. The number of thiophene rings is 1. The van der Waals surface area contributed by atoms with Gasteiger partial charge in [0.1, 0.15) is 17.8 Å². The molecule has 0 aromatic carbocycles. The maximum Gasteiger partial charge on any atom is 0.490 e.